The maximum atomic E-state index is 10.9. The number of aryl methyl sites for hydroxylation is 2. The fraction of sp³-hybridized carbons (Fsp3) is 0.429. The first-order valence-corrected chi connectivity index (χ1v) is 6.32. The van der Waals surface area contributed by atoms with E-state index in [1.807, 2.05) is 43.8 Å². The summed E-state index contributed by atoms with van der Waals surface area (Å²) in [5.74, 6) is 0.141. The molecule has 0 bridgehead atoms. The van der Waals surface area contributed by atoms with Gasteiger partial charge in [0.15, 0.2) is 0 Å². The Morgan fingerprint density at radius 1 is 1.53 bits per heavy atom. The minimum absolute atomic E-state index is 0.0331. The molecule has 0 saturated heterocycles. The van der Waals surface area contributed by atoms with E-state index in [1.54, 1.807) is 0 Å². The van der Waals surface area contributed by atoms with Crippen molar-refractivity contribution in [1.29, 1.82) is 0 Å². The second-order valence-corrected chi connectivity index (χ2v) is 4.82. The number of hydrogen-bond acceptors (Lipinski definition) is 3. The molecule has 102 valence electrons. The van der Waals surface area contributed by atoms with Gasteiger partial charge in [-0.05, 0) is 31.7 Å². The van der Waals surface area contributed by atoms with E-state index in [4.69, 9.17) is 5.11 Å². The summed E-state index contributed by atoms with van der Waals surface area (Å²) < 4.78 is 2.03. The Morgan fingerprint density at radius 3 is 2.89 bits per heavy atom. The van der Waals surface area contributed by atoms with Crippen molar-refractivity contribution in [3.63, 3.8) is 0 Å². The highest BCUT2D eigenvalue weighted by Crippen LogP contribution is 2.24. The van der Waals surface area contributed by atoms with Crippen LogP contribution in [-0.4, -0.2) is 34.2 Å². The molecule has 2 rings (SSSR count). The molecule has 0 amide bonds. The maximum Gasteiger partial charge on any atom is 0.304 e. The summed E-state index contributed by atoms with van der Waals surface area (Å²) >= 11 is 0. The first-order chi connectivity index (χ1) is 9.02. The fourth-order valence-electron chi connectivity index (χ4n) is 2.36. The van der Waals surface area contributed by atoms with Gasteiger partial charge in [0, 0.05) is 19.5 Å². The molecular weight excluding hydrogens is 242 g/mol. The second-order valence-electron chi connectivity index (χ2n) is 4.82. The van der Waals surface area contributed by atoms with Gasteiger partial charge >= 0.3 is 5.97 Å². The largest absolute Gasteiger partial charge is 0.481 e. The highest BCUT2D eigenvalue weighted by Gasteiger charge is 2.16. The third kappa shape index (κ3) is 2.76. The average Bonchev–Trinajstić information content (AvgIpc) is 2.63. The summed E-state index contributed by atoms with van der Waals surface area (Å²) in [6.45, 7) is 2.60. The molecular formula is C14H19N3O2. The van der Waals surface area contributed by atoms with Crippen LogP contribution in [0.2, 0.25) is 0 Å². The van der Waals surface area contributed by atoms with Crippen LogP contribution in [0.25, 0.3) is 11.0 Å². The highest BCUT2D eigenvalue weighted by atomic mass is 16.4. The van der Waals surface area contributed by atoms with E-state index in [0.29, 0.717) is 6.54 Å². The van der Waals surface area contributed by atoms with Crippen LogP contribution in [0.3, 0.4) is 0 Å². The van der Waals surface area contributed by atoms with Crippen LogP contribution >= 0.6 is 0 Å². The summed E-state index contributed by atoms with van der Waals surface area (Å²) in [7, 11) is 3.81. The zero-order valence-electron chi connectivity index (χ0n) is 11.5. The third-order valence-corrected chi connectivity index (χ3v) is 3.47. The molecule has 0 aliphatic carbocycles. The predicted molar refractivity (Wildman–Crippen MR) is 74.4 cm³/mol. The van der Waals surface area contributed by atoms with Gasteiger partial charge in [-0.15, -0.1) is 0 Å². The van der Waals surface area contributed by atoms with Crippen molar-refractivity contribution < 1.29 is 9.90 Å². The van der Waals surface area contributed by atoms with Gasteiger partial charge in [-0.2, -0.15) is 0 Å². The summed E-state index contributed by atoms with van der Waals surface area (Å²) in [4.78, 5) is 15.4. The van der Waals surface area contributed by atoms with Gasteiger partial charge in [0.05, 0.1) is 17.5 Å². The number of nitrogens with one attached hydrogen (secondary N) is 1. The molecule has 2 N–H and O–H groups in total. The van der Waals surface area contributed by atoms with Gasteiger partial charge in [0.2, 0.25) is 0 Å². The van der Waals surface area contributed by atoms with Crippen molar-refractivity contribution in [2.45, 2.75) is 19.3 Å². The molecule has 1 heterocycles. The Labute approximate surface area is 112 Å². The van der Waals surface area contributed by atoms with E-state index >= 15 is 0 Å². The Hall–Kier alpha value is -1.88. The van der Waals surface area contributed by atoms with Crippen LogP contribution in [0.15, 0.2) is 18.2 Å². The second kappa shape index (κ2) is 5.40. The van der Waals surface area contributed by atoms with Crippen LogP contribution in [0, 0.1) is 6.92 Å². The van der Waals surface area contributed by atoms with Gasteiger partial charge in [0.25, 0.3) is 0 Å². The first kappa shape index (κ1) is 13.5. The van der Waals surface area contributed by atoms with Gasteiger partial charge in [-0.25, -0.2) is 4.98 Å². The van der Waals surface area contributed by atoms with E-state index in [1.165, 1.54) is 0 Å². The monoisotopic (exact) mass is 261 g/mol. The van der Waals surface area contributed by atoms with Crippen molar-refractivity contribution in [3.05, 3.63) is 29.6 Å². The number of aliphatic carboxylic acids is 1. The molecule has 0 aliphatic heterocycles. The SMILES string of the molecule is CNCC(CC(=O)O)c1ccc2c(c1)nc(C)n2C. The number of fused-ring (bicyclic) bond motifs is 1. The third-order valence-electron chi connectivity index (χ3n) is 3.47. The van der Waals surface area contributed by atoms with E-state index < -0.39 is 5.97 Å². The lowest BCUT2D eigenvalue weighted by atomic mass is 9.95. The zero-order valence-corrected chi connectivity index (χ0v) is 11.5. The van der Waals surface area contributed by atoms with Gasteiger partial charge in [-0.1, -0.05) is 6.07 Å². The van der Waals surface area contributed by atoms with Crippen LogP contribution in [0.5, 0.6) is 0 Å². The molecule has 0 radical (unpaired) electrons. The number of nitrogens with zero attached hydrogens (tertiary/aromatic N) is 2. The summed E-state index contributed by atoms with van der Waals surface area (Å²) in [5, 5.41) is 12.0. The predicted octanol–water partition coefficient (Wildman–Crippen LogP) is 1.66. The minimum Gasteiger partial charge on any atom is -0.481 e. The summed E-state index contributed by atoms with van der Waals surface area (Å²) in [6, 6.07) is 6.00. The van der Waals surface area contributed by atoms with Gasteiger partial charge in [-0.3, -0.25) is 4.79 Å². The Balaban J connectivity index is 2.39. The Kier molecular flexibility index (Phi) is 3.85. The molecule has 0 spiro atoms. The molecule has 19 heavy (non-hydrogen) atoms. The van der Waals surface area contributed by atoms with E-state index in [9.17, 15) is 4.79 Å². The van der Waals surface area contributed by atoms with E-state index in [0.717, 1.165) is 22.4 Å². The highest BCUT2D eigenvalue weighted by molar-refractivity contribution is 5.77. The fourth-order valence-corrected chi connectivity index (χ4v) is 2.36. The van der Waals surface area contributed by atoms with Crippen LogP contribution < -0.4 is 5.32 Å². The molecule has 1 atom stereocenters. The number of likely N-dealkylation sites (N-methyl/N-ethyl adjacent to an activating group) is 1. The Morgan fingerprint density at radius 2 is 2.26 bits per heavy atom. The molecule has 2 aromatic rings. The summed E-state index contributed by atoms with van der Waals surface area (Å²) in [6.07, 6.45) is 0.123. The van der Waals surface area contributed by atoms with Gasteiger partial charge in [0.1, 0.15) is 5.82 Å². The first-order valence-electron chi connectivity index (χ1n) is 6.32. The number of aromatic nitrogens is 2. The number of carboxylic acids is 1. The molecule has 5 heteroatoms. The molecule has 1 aromatic carbocycles. The van der Waals surface area contributed by atoms with Gasteiger partial charge < -0.3 is 15.0 Å². The zero-order chi connectivity index (χ0) is 14.0. The number of carbonyl (C=O) groups is 1. The number of carboxylic acid groups (broad SMARTS) is 1. The van der Waals surface area contributed by atoms with Crippen molar-refractivity contribution in [2.75, 3.05) is 13.6 Å². The van der Waals surface area contributed by atoms with Crippen LogP contribution in [0.1, 0.15) is 23.7 Å². The smallest absolute Gasteiger partial charge is 0.304 e. The lowest BCUT2D eigenvalue weighted by Crippen LogP contribution is -2.19. The minimum atomic E-state index is -0.780. The standard InChI is InChI=1S/C14H19N3O2/c1-9-16-12-6-10(4-5-13(12)17(9)3)11(8-15-2)7-14(18)19/h4-6,11,15H,7-8H2,1-3H3,(H,18,19). The van der Waals surface area contributed by atoms with Crippen molar-refractivity contribution in [2.24, 2.45) is 7.05 Å². The summed E-state index contributed by atoms with van der Waals surface area (Å²) in [5.41, 5.74) is 3.01. The normalized spacial score (nSPS) is 12.8. The van der Waals surface area contributed by atoms with Crippen LogP contribution in [0.4, 0.5) is 0 Å². The topological polar surface area (TPSA) is 67.2 Å². The number of imidazole rings is 1. The lowest BCUT2D eigenvalue weighted by Gasteiger charge is -2.14. The van der Waals surface area contributed by atoms with E-state index in [-0.39, 0.29) is 12.3 Å². The number of rotatable bonds is 5. The molecule has 0 saturated carbocycles. The van der Waals surface area contributed by atoms with Crippen molar-refractivity contribution in [1.82, 2.24) is 14.9 Å². The van der Waals surface area contributed by atoms with E-state index in [2.05, 4.69) is 10.3 Å². The van der Waals surface area contributed by atoms with Crippen LogP contribution in [-0.2, 0) is 11.8 Å². The Bertz CT molecular complexity index is 604. The molecule has 5 nitrogen and oxygen atoms in total. The lowest BCUT2D eigenvalue weighted by molar-refractivity contribution is -0.137. The molecule has 0 aliphatic rings. The number of hydrogen-bond donors (Lipinski definition) is 2. The number of benzene rings is 1. The average molecular weight is 261 g/mol. The molecule has 1 unspecified atom stereocenters. The quantitative estimate of drug-likeness (QED) is 0.859. The van der Waals surface area contributed by atoms with Crippen molar-refractivity contribution in [3.8, 4) is 0 Å². The maximum absolute atomic E-state index is 10.9. The molecule has 1 aromatic heterocycles. The molecule has 0 fully saturated rings. The van der Waals surface area contributed by atoms with Crippen molar-refractivity contribution >= 4 is 17.0 Å².